The first-order chi connectivity index (χ1) is 16.7. The quantitative estimate of drug-likeness (QED) is 0.510. The third kappa shape index (κ3) is 5.14. The number of aryl methyl sites for hydroxylation is 1. The molecule has 3 heterocycles. The summed E-state index contributed by atoms with van der Waals surface area (Å²) >= 11 is 0. The van der Waals surface area contributed by atoms with Crippen LogP contribution in [-0.4, -0.2) is 76.0 Å². The van der Waals surface area contributed by atoms with Gasteiger partial charge in [-0.3, -0.25) is 9.80 Å². The van der Waals surface area contributed by atoms with Crippen molar-refractivity contribution in [2.45, 2.75) is 45.0 Å². The molecule has 0 spiro atoms. The van der Waals surface area contributed by atoms with E-state index in [-0.39, 0.29) is 12.1 Å². The minimum absolute atomic E-state index is 0.0189. The average Bonchev–Trinajstić information content (AvgIpc) is 3.55. The Kier molecular flexibility index (Phi) is 7.18. The van der Waals surface area contributed by atoms with Gasteiger partial charge in [0.2, 0.25) is 0 Å². The molecule has 0 bridgehead atoms. The maximum absolute atomic E-state index is 5.87. The molecule has 0 amide bonds. The van der Waals surface area contributed by atoms with Gasteiger partial charge in [-0.1, -0.05) is 48.0 Å². The highest BCUT2D eigenvalue weighted by Crippen LogP contribution is 2.30. The second-order valence-corrected chi connectivity index (χ2v) is 9.29. The molecule has 2 aromatic carbocycles. The summed E-state index contributed by atoms with van der Waals surface area (Å²) in [5, 5.41) is 12.9. The van der Waals surface area contributed by atoms with E-state index in [0.717, 1.165) is 63.7 Å². The predicted octanol–water partition coefficient (Wildman–Crippen LogP) is 3.08. The van der Waals surface area contributed by atoms with E-state index in [1.165, 1.54) is 16.7 Å². The van der Waals surface area contributed by atoms with Crippen LogP contribution in [-0.2, 0) is 17.8 Å². The molecule has 0 radical (unpaired) electrons. The van der Waals surface area contributed by atoms with Crippen LogP contribution in [0.25, 0.3) is 0 Å². The molecule has 2 saturated heterocycles. The van der Waals surface area contributed by atoms with Crippen molar-refractivity contribution in [1.29, 1.82) is 0 Å². The molecule has 1 aromatic heterocycles. The van der Waals surface area contributed by atoms with E-state index in [0.29, 0.717) is 6.54 Å². The number of benzene rings is 2. The maximum atomic E-state index is 5.87. The largest absolute Gasteiger partial charge is 0.496 e. The predicted molar refractivity (Wildman–Crippen MR) is 130 cm³/mol. The van der Waals surface area contributed by atoms with Gasteiger partial charge < -0.3 is 9.47 Å². The van der Waals surface area contributed by atoms with Crippen LogP contribution in [0.5, 0.6) is 5.75 Å². The lowest BCUT2D eigenvalue weighted by Crippen LogP contribution is -2.48. The van der Waals surface area contributed by atoms with E-state index in [1.54, 1.807) is 7.11 Å². The third-order valence-electron chi connectivity index (χ3n) is 6.96. The molecule has 0 aliphatic carbocycles. The molecule has 2 aliphatic rings. The van der Waals surface area contributed by atoms with E-state index in [2.05, 4.69) is 68.6 Å². The Balaban J connectivity index is 1.34. The smallest absolute Gasteiger partial charge is 0.173 e. The Hall–Kier alpha value is -2.81. The van der Waals surface area contributed by atoms with Crippen LogP contribution >= 0.6 is 0 Å². The van der Waals surface area contributed by atoms with Crippen LogP contribution in [0.1, 0.15) is 41.4 Å². The number of para-hydroxylation sites is 1. The number of tetrazole rings is 1. The molecular formula is C26H34N6O2. The summed E-state index contributed by atoms with van der Waals surface area (Å²) < 4.78 is 13.4. The second kappa shape index (κ2) is 10.6. The number of hydrogen-bond acceptors (Lipinski definition) is 7. The highest BCUT2D eigenvalue weighted by molar-refractivity contribution is 5.33. The Morgan fingerprint density at radius 1 is 1.06 bits per heavy atom. The van der Waals surface area contributed by atoms with Crippen molar-refractivity contribution in [2.75, 3.05) is 39.9 Å². The van der Waals surface area contributed by atoms with Gasteiger partial charge in [0.1, 0.15) is 5.75 Å². The number of aromatic nitrogens is 4. The zero-order valence-corrected chi connectivity index (χ0v) is 20.1. The lowest BCUT2D eigenvalue weighted by molar-refractivity contribution is 0.0840. The van der Waals surface area contributed by atoms with E-state index < -0.39 is 0 Å². The molecule has 180 valence electrons. The van der Waals surface area contributed by atoms with Gasteiger partial charge in [0.25, 0.3) is 0 Å². The fourth-order valence-electron chi connectivity index (χ4n) is 5.04. The first-order valence-electron chi connectivity index (χ1n) is 12.2. The number of ether oxygens (including phenoxy) is 2. The Bertz CT molecular complexity index is 1060. The van der Waals surface area contributed by atoms with Crippen molar-refractivity contribution < 1.29 is 9.47 Å². The molecule has 8 heteroatoms. The molecule has 2 aliphatic heterocycles. The van der Waals surface area contributed by atoms with E-state index in [9.17, 15) is 0 Å². The van der Waals surface area contributed by atoms with Gasteiger partial charge in [-0.2, -0.15) is 0 Å². The maximum Gasteiger partial charge on any atom is 0.173 e. The number of methoxy groups -OCH3 is 1. The molecule has 34 heavy (non-hydrogen) atoms. The van der Waals surface area contributed by atoms with Gasteiger partial charge in [0.05, 0.1) is 25.8 Å². The van der Waals surface area contributed by atoms with Gasteiger partial charge in [-0.25, -0.2) is 4.68 Å². The zero-order chi connectivity index (χ0) is 23.3. The summed E-state index contributed by atoms with van der Waals surface area (Å²) in [5.74, 6) is 1.85. The van der Waals surface area contributed by atoms with Gasteiger partial charge in [-0.05, 0) is 41.8 Å². The minimum atomic E-state index is 0.0189. The Labute approximate surface area is 201 Å². The van der Waals surface area contributed by atoms with Crippen LogP contribution in [0, 0.1) is 6.92 Å². The topological polar surface area (TPSA) is 68.5 Å². The van der Waals surface area contributed by atoms with Crippen LogP contribution in [0.2, 0.25) is 0 Å². The minimum Gasteiger partial charge on any atom is -0.496 e. The molecule has 2 fully saturated rings. The van der Waals surface area contributed by atoms with Crippen LogP contribution in [0.15, 0.2) is 48.5 Å². The number of piperazine rings is 1. The van der Waals surface area contributed by atoms with Crippen molar-refractivity contribution in [3.05, 3.63) is 71.0 Å². The molecule has 2 atom stereocenters. The highest BCUT2D eigenvalue weighted by atomic mass is 16.5. The molecule has 0 unspecified atom stereocenters. The van der Waals surface area contributed by atoms with Crippen LogP contribution in [0.4, 0.5) is 0 Å². The summed E-state index contributed by atoms with van der Waals surface area (Å²) in [7, 11) is 1.74. The number of nitrogens with zero attached hydrogens (tertiary/aromatic N) is 6. The fraction of sp³-hybridized carbons (Fsp3) is 0.500. The molecule has 0 saturated carbocycles. The van der Waals surface area contributed by atoms with Crippen LogP contribution in [0.3, 0.4) is 0 Å². The van der Waals surface area contributed by atoms with E-state index in [1.807, 2.05) is 16.8 Å². The summed E-state index contributed by atoms with van der Waals surface area (Å²) in [6.45, 7) is 8.40. The fourth-order valence-corrected chi connectivity index (χ4v) is 5.04. The van der Waals surface area contributed by atoms with Crippen molar-refractivity contribution in [3.63, 3.8) is 0 Å². The van der Waals surface area contributed by atoms with E-state index >= 15 is 0 Å². The first kappa shape index (κ1) is 23.0. The number of rotatable bonds is 8. The monoisotopic (exact) mass is 462 g/mol. The van der Waals surface area contributed by atoms with Gasteiger partial charge in [-0.15, -0.1) is 5.10 Å². The number of hydrogen-bond donors (Lipinski definition) is 0. The lowest BCUT2D eigenvalue weighted by Gasteiger charge is -2.39. The second-order valence-electron chi connectivity index (χ2n) is 9.29. The lowest BCUT2D eigenvalue weighted by atomic mass is 10.0. The van der Waals surface area contributed by atoms with Crippen LogP contribution < -0.4 is 4.74 Å². The van der Waals surface area contributed by atoms with E-state index in [4.69, 9.17) is 9.47 Å². The Morgan fingerprint density at radius 3 is 2.59 bits per heavy atom. The van der Waals surface area contributed by atoms with Gasteiger partial charge in [0, 0.05) is 44.9 Å². The average molecular weight is 463 g/mol. The molecular weight excluding hydrogens is 428 g/mol. The third-order valence-corrected chi connectivity index (χ3v) is 6.96. The molecule has 5 rings (SSSR count). The van der Waals surface area contributed by atoms with Gasteiger partial charge >= 0.3 is 0 Å². The van der Waals surface area contributed by atoms with Crippen molar-refractivity contribution >= 4 is 0 Å². The Morgan fingerprint density at radius 2 is 1.85 bits per heavy atom. The normalized spacial score (nSPS) is 20.5. The molecule has 8 nitrogen and oxygen atoms in total. The van der Waals surface area contributed by atoms with Crippen molar-refractivity contribution in [3.8, 4) is 5.75 Å². The molecule has 0 N–H and O–H groups in total. The standard InChI is InChI=1S/C26H34N6O2/c1-20-9-11-21(12-10-20)25(26-27-28-29-32(26)19-23-7-5-17-34-23)31-15-13-30(14-16-31)18-22-6-3-4-8-24(22)33-2/h3-4,6,8-12,23,25H,5,7,13-19H2,1-2H3/t23-,25-/m1/s1. The SMILES string of the molecule is COc1ccccc1CN1CCN([C@H](c2ccc(C)cc2)c2nnnn2C[C@H]2CCCO2)CC1. The van der Waals surface area contributed by atoms with Crippen molar-refractivity contribution in [1.82, 2.24) is 30.0 Å². The zero-order valence-electron chi connectivity index (χ0n) is 20.1. The summed E-state index contributed by atoms with van der Waals surface area (Å²) in [6.07, 6.45) is 2.37. The summed E-state index contributed by atoms with van der Waals surface area (Å²) in [6, 6.07) is 17.1. The van der Waals surface area contributed by atoms with Gasteiger partial charge in [0.15, 0.2) is 5.82 Å². The first-order valence-corrected chi connectivity index (χ1v) is 12.2. The summed E-state index contributed by atoms with van der Waals surface area (Å²) in [5.41, 5.74) is 3.71. The highest BCUT2D eigenvalue weighted by Gasteiger charge is 2.31. The molecule has 3 aromatic rings. The van der Waals surface area contributed by atoms with Crippen molar-refractivity contribution in [2.24, 2.45) is 0 Å². The summed E-state index contributed by atoms with van der Waals surface area (Å²) in [4.78, 5) is 5.01.